The Kier molecular flexibility index (Phi) is 3.94. The van der Waals surface area contributed by atoms with Crippen LogP contribution < -0.4 is 9.64 Å². The van der Waals surface area contributed by atoms with Gasteiger partial charge in [-0.3, -0.25) is 9.59 Å². The molecule has 25 heavy (non-hydrogen) atoms. The van der Waals surface area contributed by atoms with E-state index in [1.54, 1.807) is 11.0 Å². The summed E-state index contributed by atoms with van der Waals surface area (Å²) in [7, 11) is 0. The van der Waals surface area contributed by atoms with E-state index in [1.165, 1.54) is 0 Å². The van der Waals surface area contributed by atoms with Crippen molar-refractivity contribution < 1.29 is 14.3 Å². The Morgan fingerprint density at radius 1 is 0.920 bits per heavy atom. The third-order valence-corrected chi connectivity index (χ3v) is 4.47. The predicted molar refractivity (Wildman–Crippen MR) is 96.5 cm³/mol. The van der Waals surface area contributed by atoms with Gasteiger partial charge in [-0.2, -0.15) is 0 Å². The molecule has 124 valence electrons. The molecule has 0 spiro atoms. The minimum absolute atomic E-state index is 0.0494. The van der Waals surface area contributed by atoms with Crippen molar-refractivity contribution >= 4 is 28.3 Å². The van der Waals surface area contributed by atoms with Gasteiger partial charge < -0.3 is 9.64 Å². The lowest BCUT2D eigenvalue weighted by Gasteiger charge is -2.16. The van der Waals surface area contributed by atoms with Gasteiger partial charge in [-0.25, -0.2) is 0 Å². The number of esters is 1. The van der Waals surface area contributed by atoms with Gasteiger partial charge in [0.1, 0.15) is 5.75 Å². The van der Waals surface area contributed by atoms with Crippen LogP contribution in [-0.4, -0.2) is 18.4 Å². The summed E-state index contributed by atoms with van der Waals surface area (Å²) >= 11 is 0. The first-order valence-corrected chi connectivity index (χ1v) is 8.26. The quantitative estimate of drug-likeness (QED) is 0.542. The summed E-state index contributed by atoms with van der Waals surface area (Å²) < 4.78 is 5.52. The number of hydrogen-bond acceptors (Lipinski definition) is 3. The third kappa shape index (κ3) is 3.11. The van der Waals surface area contributed by atoms with Crippen LogP contribution in [0.1, 0.15) is 6.42 Å². The topological polar surface area (TPSA) is 46.6 Å². The second-order valence-electron chi connectivity index (χ2n) is 6.17. The van der Waals surface area contributed by atoms with Crippen molar-refractivity contribution in [3.63, 3.8) is 0 Å². The lowest BCUT2D eigenvalue weighted by Crippen LogP contribution is -2.27. The van der Waals surface area contributed by atoms with Gasteiger partial charge in [0.25, 0.3) is 0 Å². The zero-order valence-corrected chi connectivity index (χ0v) is 13.6. The monoisotopic (exact) mass is 331 g/mol. The fraction of sp³-hybridized carbons (Fsp3) is 0.143. The zero-order chi connectivity index (χ0) is 17.2. The Hall–Kier alpha value is -3.14. The van der Waals surface area contributed by atoms with Crippen molar-refractivity contribution in [2.45, 2.75) is 6.42 Å². The van der Waals surface area contributed by atoms with E-state index < -0.39 is 5.92 Å². The average Bonchev–Trinajstić information content (AvgIpc) is 3.04. The predicted octanol–water partition coefficient (Wildman–Crippen LogP) is 3.80. The van der Waals surface area contributed by atoms with E-state index >= 15 is 0 Å². The molecule has 3 aromatic carbocycles. The number of carbonyl (C=O) groups is 2. The molecule has 0 aromatic heterocycles. The molecule has 1 amide bonds. The van der Waals surface area contributed by atoms with Crippen LogP contribution >= 0.6 is 0 Å². The first-order valence-electron chi connectivity index (χ1n) is 8.26. The van der Waals surface area contributed by atoms with Crippen LogP contribution in [0.2, 0.25) is 0 Å². The number of carbonyl (C=O) groups excluding carboxylic acids is 2. The Labute approximate surface area is 145 Å². The Bertz CT molecular complexity index is 936. The molecule has 1 aliphatic rings. The van der Waals surface area contributed by atoms with Crippen LogP contribution in [0.25, 0.3) is 10.8 Å². The molecule has 4 rings (SSSR count). The van der Waals surface area contributed by atoms with Crippen molar-refractivity contribution in [2.24, 2.45) is 5.92 Å². The molecule has 0 saturated carbocycles. The third-order valence-electron chi connectivity index (χ3n) is 4.47. The standard InChI is InChI=1S/C21H17NO3/c23-20-13-17(14-22(20)18-8-2-1-3-9-18)21(24)25-19-11-10-15-6-4-5-7-16(15)12-19/h1-12,17H,13-14H2/t17-/m1/s1. The second-order valence-corrected chi connectivity index (χ2v) is 6.17. The van der Waals surface area contributed by atoms with Crippen molar-refractivity contribution in [1.82, 2.24) is 0 Å². The summed E-state index contributed by atoms with van der Waals surface area (Å²) in [5.74, 6) is -0.345. The van der Waals surface area contributed by atoms with Crippen LogP contribution in [0.5, 0.6) is 5.75 Å². The summed E-state index contributed by atoms with van der Waals surface area (Å²) in [6.45, 7) is 0.356. The van der Waals surface area contributed by atoms with Crippen LogP contribution in [-0.2, 0) is 9.59 Å². The maximum Gasteiger partial charge on any atom is 0.316 e. The van der Waals surface area contributed by atoms with E-state index in [1.807, 2.05) is 66.7 Å². The fourth-order valence-electron chi connectivity index (χ4n) is 3.15. The number of hydrogen-bond donors (Lipinski definition) is 0. The van der Waals surface area contributed by atoms with E-state index in [-0.39, 0.29) is 18.3 Å². The lowest BCUT2D eigenvalue weighted by molar-refractivity contribution is -0.139. The van der Waals surface area contributed by atoms with Gasteiger partial charge >= 0.3 is 5.97 Å². The normalized spacial score (nSPS) is 17.0. The molecule has 1 heterocycles. The SMILES string of the molecule is O=C(Oc1ccc2ccccc2c1)[C@@H]1CC(=O)N(c2ccccc2)C1. The number of amides is 1. The summed E-state index contributed by atoms with van der Waals surface area (Å²) in [6, 6.07) is 22.8. The highest BCUT2D eigenvalue weighted by Gasteiger charge is 2.36. The number of ether oxygens (including phenoxy) is 1. The molecule has 0 radical (unpaired) electrons. The van der Waals surface area contributed by atoms with Crippen LogP contribution in [0.4, 0.5) is 5.69 Å². The molecular weight excluding hydrogens is 314 g/mol. The van der Waals surface area contributed by atoms with Gasteiger partial charge in [0.2, 0.25) is 5.91 Å². The average molecular weight is 331 g/mol. The highest BCUT2D eigenvalue weighted by atomic mass is 16.5. The highest BCUT2D eigenvalue weighted by molar-refractivity contribution is 5.99. The van der Waals surface area contributed by atoms with Crippen molar-refractivity contribution in [1.29, 1.82) is 0 Å². The maximum absolute atomic E-state index is 12.5. The van der Waals surface area contributed by atoms with E-state index in [4.69, 9.17) is 4.74 Å². The van der Waals surface area contributed by atoms with E-state index in [0.29, 0.717) is 12.3 Å². The number of anilines is 1. The molecule has 1 fully saturated rings. The summed E-state index contributed by atoms with van der Waals surface area (Å²) in [6.07, 6.45) is 0.182. The fourth-order valence-corrected chi connectivity index (χ4v) is 3.15. The second kappa shape index (κ2) is 6.40. The first-order chi connectivity index (χ1) is 12.2. The van der Waals surface area contributed by atoms with Gasteiger partial charge in [-0.1, -0.05) is 48.5 Å². The van der Waals surface area contributed by atoms with Gasteiger partial charge in [-0.05, 0) is 35.0 Å². The molecule has 4 nitrogen and oxygen atoms in total. The van der Waals surface area contributed by atoms with E-state index in [2.05, 4.69) is 0 Å². The van der Waals surface area contributed by atoms with Crippen molar-refractivity contribution in [3.05, 3.63) is 72.8 Å². The maximum atomic E-state index is 12.5. The summed E-state index contributed by atoms with van der Waals surface area (Å²) in [4.78, 5) is 26.4. The summed E-state index contributed by atoms with van der Waals surface area (Å²) in [5.41, 5.74) is 0.813. The largest absolute Gasteiger partial charge is 0.426 e. The lowest BCUT2D eigenvalue weighted by atomic mass is 10.1. The molecular formula is C21H17NO3. The number of nitrogens with zero attached hydrogens (tertiary/aromatic N) is 1. The molecule has 1 atom stereocenters. The Balaban J connectivity index is 1.48. The van der Waals surface area contributed by atoms with E-state index in [9.17, 15) is 9.59 Å². The van der Waals surface area contributed by atoms with Gasteiger partial charge in [0.15, 0.2) is 0 Å². The van der Waals surface area contributed by atoms with Crippen molar-refractivity contribution in [3.8, 4) is 5.75 Å². The zero-order valence-electron chi connectivity index (χ0n) is 13.6. The first kappa shape index (κ1) is 15.4. The highest BCUT2D eigenvalue weighted by Crippen LogP contribution is 2.27. The van der Waals surface area contributed by atoms with Crippen LogP contribution in [0, 0.1) is 5.92 Å². The minimum Gasteiger partial charge on any atom is -0.426 e. The number of fused-ring (bicyclic) bond motifs is 1. The number of rotatable bonds is 3. The van der Waals surface area contributed by atoms with Crippen LogP contribution in [0.3, 0.4) is 0 Å². The van der Waals surface area contributed by atoms with Gasteiger partial charge in [0, 0.05) is 18.7 Å². The smallest absolute Gasteiger partial charge is 0.316 e. The molecule has 0 aliphatic carbocycles. The summed E-state index contributed by atoms with van der Waals surface area (Å²) in [5, 5.41) is 2.11. The number of benzene rings is 3. The van der Waals surface area contributed by atoms with Crippen molar-refractivity contribution in [2.75, 3.05) is 11.4 Å². The molecule has 1 saturated heterocycles. The van der Waals surface area contributed by atoms with Crippen LogP contribution in [0.15, 0.2) is 72.8 Å². The molecule has 0 N–H and O–H groups in total. The molecule has 3 aromatic rings. The van der Waals surface area contributed by atoms with E-state index in [0.717, 1.165) is 16.5 Å². The minimum atomic E-state index is -0.445. The van der Waals surface area contributed by atoms with Gasteiger partial charge in [-0.15, -0.1) is 0 Å². The molecule has 4 heteroatoms. The van der Waals surface area contributed by atoms with Gasteiger partial charge in [0.05, 0.1) is 5.92 Å². The molecule has 1 aliphatic heterocycles. The molecule has 0 unspecified atom stereocenters. The Morgan fingerprint density at radius 3 is 2.44 bits per heavy atom. The molecule has 0 bridgehead atoms. The Morgan fingerprint density at radius 2 is 1.64 bits per heavy atom. The number of para-hydroxylation sites is 1.